The zero-order valence-corrected chi connectivity index (χ0v) is 19.8. The summed E-state index contributed by atoms with van der Waals surface area (Å²) in [6, 6.07) is 16.1. The Morgan fingerprint density at radius 3 is 2.31 bits per heavy atom. The largest absolute Gasteiger partial charge is 0.481 e. The van der Waals surface area contributed by atoms with E-state index in [9.17, 15) is 19.5 Å². The third kappa shape index (κ3) is 4.90. The minimum atomic E-state index is -0.865. The van der Waals surface area contributed by atoms with Crippen molar-refractivity contribution in [3.8, 4) is 11.1 Å². The van der Waals surface area contributed by atoms with Gasteiger partial charge in [-0.15, -0.1) is 0 Å². The highest BCUT2D eigenvalue weighted by Gasteiger charge is 2.37. The minimum Gasteiger partial charge on any atom is -0.481 e. The van der Waals surface area contributed by atoms with Crippen molar-refractivity contribution in [2.24, 2.45) is 5.92 Å². The van der Waals surface area contributed by atoms with Gasteiger partial charge in [0, 0.05) is 30.5 Å². The molecule has 2 aromatic carbocycles. The Labute approximate surface area is 205 Å². The topological polar surface area (TPSA) is 95.9 Å². The Bertz CT molecular complexity index is 1070. The molecule has 7 heteroatoms. The Hall–Kier alpha value is -3.35. The first-order valence-electron chi connectivity index (χ1n) is 12.6. The van der Waals surface area contributed by atoms with Crippen molar-refractivity contribution in [2.75, 3.05) is 13.2 Å². The van der Waals surface area contributed by atoms with Gasteiger partial charge in [0.05, 0.1) is 6.42 Å². The van der Waals surface area contributed by atoms with E-state index < -0.39 is 12.1 Å². The van der Waals surface area contributed by atoms with Gasteiger partial charge in [-0.2, -0.15) is 0 Å². The van der Waals surface area contributed by atoms with Crippen LogP contribution in [-0.2, 0) is 14.3 Å². The van der Waals surface area contributed by atoms with Gasteiger partial charge in [-0.25, -0.2) is 4.79 Å². The van der Waals surface area contributed by atoms with E-state index in [-0.39, 0.29) is 42.9 Å². The highest BCUT2D eigenvalue weighted by Crippen LogP contribution is 2.44. The number of amides is 2. The summed E-state index contributed by atoms with van der Waals surface area (Å²) in [7, 11) is 0. The van der Waals surface area contributed by atoms with Gasteiger partial charge < -0.3 is 20.1 Å². The molecule has 2 N–H and O–H groups in total. The van der Waals surface area contributed by atoms with E-state index in [1.807, 2.05) is 24.3 Å². The number of carbonyl (C=O) groups is 3. The zero-order valence-electron chi connectivity index (χ0n) is 19.8. The maximum atomic E-state index is 13.1. The third-order valence-electron chi connectivity index (χ3n) is 7.77. The monoisotopic (exact) mass is 476 g/mol. The normalized spacial score (nSPS) is 23.4. The van der Waals surface area contributed by atoms with Gasteiger partial charge in [0.15, 0.2) is 0 Å². The van der Waals surface area contributed by atoms with Crippen molar-refractivity contribution < 1.29 is 24.2 Å². The number of rotatable bonds is 6. The van der Waals surface area contributed by atoms with Gasteiger partial charge in [-0.3, -0.25) is 9.59 Å². The molecule has 1 aliphatic heterocycles. The lowest BCUT2D eigenvalue weighted by atomic mass is 9.96. The number of carboxylic acid groups (broad SMARTS) is 1. The van der Waals surface area contributed by atoms with E-state index in [0.717, 1.165) is 25.7 Å². The molecule has 1 saturated carbocycles. The van der Waals surface area contributed by atoms with Crippen molar-refractivity contribution in [2.45, 2.75) is 62.9 Å². The van der Waals surface area contributed by atoms with Gasteiger partial charge >= 0.3 is 12.1 Å². The minimum absolute atomic E-state index is 0.000111. The molecule has 0 spiro atoms. The molecule has 35 heavy (non-hydrogen) atoms. The summed E-state index contributed by atoms with van der Waals surface area (Å²) in [5.74, 6) is -0.997. The van der Waals surface area contributed by atoms with Gasteiger partial charge in [-0.1, -0.05) is 48.5 Å². The SMILES string of the molecule is O=C(O)C[C@H]1CCCCN1C(=O)[C@H]1CC[C@@H](NC(=O)OCC2c3ccccc3-c3ccccc32)C1. The smallest absolute Gasteiger partial charge is 0.407 e. The standard InChI is InChI=1S/C28H32N2O5/c31-26(32)16-20-7-5-6-14-30(20)27(33)18-12-13-19(15-18)29-28(34)35-17-25-23-10-3-1-8-21(23)22-9-2-4-11-24(22)25/h1-4,8-11,18-20,25H,5-7,12-17H2,(H,29,34)(H,31,32)/t18-,19+,20+/m0/s1. The predicted octanol–water partition coefficient (Wildman–Crippen LogP) is 4.55. The number of alkyl carbamates (subject to hydrolysis) is 1. The van der Waals surface area contributed by atoms with E-state index in [1.54, 1.807) is 4.90 Å². The van der Waals surface area contributed by atoms with Gasteiger partial charge in [0.25, 0.3) is 0 Å². The average molecular weight is 477 g/mol. The van der Waals surface area contributed by atoms with Crippen LogP contribution >= 0.6 is 0 Å². The summed E-state index contributed by atoms with van der Waals surface area (Å²) in [6.07, 6.45) is 4.15. The number of piperidine rings is 1. The first kappa shape index (κ1) is 23.4. The maximum absolute atomic E-state index is 13.1. The molecular weight excluding hydrogens is 444 g/mol. The van der Waals surface area contributed by atoms with Crippen LogP contribution in [0.2, 0.25) is 0 Å². The zero-order chi connectivity index (χ0) is 24.4. The number of aliphatic carboxylic acids is 1. The number of nitrogens with zero attached hydrogens (tertiary/aromatic N) is 1. The highest BCUT2D eigenvalue weighted by atomic mass is 16.5. The Morgan fingerprint density at radius 1 is 0.943 bits per heavy atom. The number of carboxylic acids is 1. The fraction of sp³-hybridized carbons (Fsp3) is 0.464. The van der Waals surface area contributed by atoms with Gasteiger partial charge in [0.1, 0.15) is 6.61 Å². The number of nitrogens with one attached hydrogen (secondary N) is 1. The quantitative estimate of drug-likeness (QED) is 0.638. The van der Waals surface area contributed by atoms with Crippen molar-refractivity contribution in [1.82, 2.24) is 10.2 Å². The van der Waals surface area contributed by atoms with E-state index in [4.69, 9.17) is 4.74 Å². The summed E-state index contributed by atoms with van der Waals surface area (Å²) >= 11 is 0. The van der Waals surface area contributed by atoms with Crippen molar-refractivity contribution in [3.05, 3.63) is 59.7 Å². The first-order chi connectivity index (χ1) is 17.0. The highest BCUT2D eigenvalue weighted by molar-refractivity contribution is 5.81. The number of benzene rings is 2. The van der Waals surface area contributed by atoms with Gasteiger partial charge in [-0.05, 0) is 60.8 Å². The molecule has 7 nitrogen and oxygen atoms in total. The molecule has 2 aliphatic carbocycles. The molecule has 184 valence electrons. The summed E-state index contributed by atoms with van der Waals surface area (Å²) in [4.78, 5) is 38.8. The molecule has 5 rings (SSSR count). The molecule has 3 atom stereocenters. The second-order valence-corrected chi connectivity index (χ2v) is 9.96. The second-order valence-electron chi connectivity index (χ2n) is 9.96. The van der Waals surface area contributed by atoms with Crippen LogP contribution in [0.25, 0.3) is 11.1 Å². The van der Waals surface area contributed by atoms with Crippen LogP contribution in [0.3, 0.4) is 0 Å². The van der Waals surface area contributed by atoms with E-state index >= 15 is 0 Å². The number of likely N-dealkylation sites (tertiary alicyclic amines) is 1. The fourth-order valence-corrected chi connectivity index (χ4v) is 6.08. The molecule has 3 aliphatic rings. The van der Waals surface area contributed by atoms with Crippen LogP contribution in [-0.4, -0.2) is 53.2 Å². The van der Waals surface area contributed by atoms with E-state index in [0.29, 0.717) is 19.4 Å². The van der Waals surface area contributed by atoms with E-state index in [1.165, 1.54) is 22.3 Å². The van der Waals surface area contributed by atoms with Crippen LogP contribution < -0.4 is 5.32 Å². The lowest BCUT2D eigenvalue weighted by Crippen LogP contribution is -2.47. The molecule has 0 radical (unpaired) electrons. The number of fused-ring (bicyclic) bond motifs is 3. The van der Waals surface area contributed by atoms with Crippen molar-refractivity contribution in [1.29, 1.82) is 0 Å². The molecular formula is C28H32N2O5. The molecule has 1 saturated heterocycles. The van der Waals surface area contributed by atoms with Crippen LogP contribution in [0.4, 0.5) is 4.79 Å². The third-order valence-corrected chi connectivity index (χ3v) is 7.77. The maximum Gasteiger partial charge on any atom is 0.407 e. The van der Waals surface area contributed by atoms with E-state index in [2.05, 4.69) is 29.6 Å². The molecule has 0 unspecified atom stereocenters. The fourth-order valence-electron chi connectivity index (χ4n) is 6.08. The Balaban J connectivity index is 1.15. The molecule has 2 amide bonds. The molecule has 2 fully saturated rings. The molecule has 1 heterocycles. The average Bonchev–Trinajstić information content (AvgIpc) is 3.45. The predicted molar refractivity (Wildman–Crippen MR) is 131 cm³/mol. The molecule has 0 aromatic heterocycles. The number of hydrogen-bond donors (Lipinski definition) is 2. The van der Waals surface area contributed by atoms with Crippen LogP contribution in [0.5, 0.6) is 0 Å². The van der Waals surface area contributed by atoms with Crippen LogP contribution in [0, 0.1) is 5.92 Å². The first-order valence-corrected chi connectivity index (χ1v) is 12.6. The van der Waals surface area contributed by atoms with Crippen molar-refractivity contribution >= 4 is 18.0 Å². The summed E-state index contributed by atoms with van der Waals surface area (Å²) in [5.41, 5.74) is 4.72. The molecule has 2 aromatic rings. The van der Waals surface area contributed by atoms with Crippen LogP contribution in [0.15, 0.2) is 48.5 Å². The second kappa shape index (κ2) is 10.1. The Kier molecular flexibility index (Phi) is 6.75. The number of hydrogen-bond acceptors (Lipinski definition) is 4. The summed E-state index contributed by atoms with van der Waals surface area (Å²) in [5, 5.41) is 12.2. The number of ether oxygens (including phenoxy) is 1. The van der Waals surface area contributed by atoms with Crippen molar-refractivity contribution in [3.63, 3.8) is 0 Å². The van der Waals surface area contributed by atoms with Gasteiger partial charge in [0.2, 0.25) is 5.91 Å². The lowest BCUT2D eigenvalue weighted by Gasteiger charge is -2.36. The number of carbonyl (C=O) groups excluding carboxylic acids is 2. The lowest BCUT2D eigenvalue weighted by molar-refractivity contribution is -0.143. The Morgan fingerprint density at radius 2 is 1.63 bits per heavy atom. The summed E-state index contributed by atoms with van der Waals surface area (Å²) < 4.78 is 5.66. The molecule has 0 bridgehead atoms. The summed E-state index contributed by atoms with van der Waals surface area (Å²) in [6.45, 7) is 0.886. The van der Waals surface area contributed by atoms with Crippen LogP contribution in [0.1, 0.15) is 62.0 Å².